The summed E-state index contributed by atoms with van der Waals surface area (Å²) in [6, 6.07) is 15.3. The van der Waals surface area contributed by atoms with Crippen LogP contribution < -0.4 is 4.74 Å². The highest BCUT2D eigenvalue weighted by Crippen LogP contribution is 2.20. The van der Waals surface area contributed by atoms with Gasteiger partial charge in [0, 0.05) is 11.1 Å². The first-order valence-electron chi connectivity index (χ1n) is 5.70. The Hall–Kier alpha value is -2.35. The summed E-state index contributed by atoms with van der Waals surface area (Å²) in [5.74, 6) is 0.846. The van der Waals surface area contributed by atoms with Crippen molar-refractivity contribution in [3.63, 3.8) is 0 Å². The van der Waals surface area contributed by atoms with E-state index >= 15 is 0 Å². The molecule has 2 aromatic rings. The van der Waals surface area contributed by atoms with Gasteiger partial charge in [-0.2, -0.15) is 0 Å². The maximum Gasteiger partial charge on any atom is 0.150 e. The van der Waals surface area contributed by atoms with Crippen LogP contribution in [0.1, 0.15) is 21.5 Å². The Morgan fingerprint density at radius 1 is 0.889 bits per heavy atom. The third kappa shape index (κ3) is 2.86. The molecular weight excluding hydrogens is 224 g/mol. The summed E-state index contributed by atoms with van der Waals surface area (Å²) in [7, 11) is 1.66. The SMILES string of the molecule is COc1ccccc1/C=C/c1ccc(C=O)cc1. The second-order valence-electron chi connectivity index (χ2n) is 3.86. The molecule has 0 unspecified atom stereocenters. The van der Waals surface area contributed by atoms with Crippen molar-refractivity contribution >= 4 is 18.4 Å². The van der Waals surface area contributed by atoms with E-state index < -0.39 is 0 Å². The van der Waals surface area contributed by atoms with E-state index in [0.29, 0.717) is 5.56 Å². The van der Waals surface area contributed by atoms with Crippen LogP contribution in [0.5, 0.6) is 5.75 Å². The molecule has 0 aliphatic rings. The number of hydrogen-bond acceptors (Lipinski definition) is 2. The van der Waals surface area contributed by atoms with Gasteiger partial charge in [0.2, 0.25) is 0 Å². The molecule has 0 heterocycles. The summed E-state index contributed by atoms with van der Waals surface area (Å²) in [6.07, 6.45) is 4.83. The summed E-state index contributed by atoms with van der Waals surface area (Å²) in [4.78, 5) is 10.5. The average molecular weight is 238 g/mol. The molecule has 0 saturated heterocycles. The van der Waals surface area contributed by atoms with Gasteiger partial charge < -0.3 is 4.74 Å². The van der Waals surface area contributed by atoms with E-state index in [1.807, 2.05) is 48.6 Å². The smallest absolute Gasteiger partial charge is 0.150 e. The number of carbonyl (C=O) groups excluding carboxylic acids is 1. The summed E-state index contributed by atoms with van der Waals surface area (Å²) in [6.45, 7) is 0. The molecule has 0 radical (unpaired) electrons. The predicted molar refractivity (Wildman–Crippen MR) is 73.8 cm³/mol. The maximum absolute atomic E-state index is 10.5. The van der Waals surface area contributed by atoms with Gasteiger partial charge in [0.05, 0.1) is 7.11 Å². The van der Waals surface area contributed by atoms with Crippen molar-refractivity contribution < 1.29 is 9.53 Å². The Labute approximate surface area is 107 Å². The van der Waals surface area contributed by atoms with Gasteiger partial charge in [-0.15, -0.1) is 0 Å². The molecule has 0 aliphatic carbocycles. The summed E-state index contributed by atoms with van der Waals surface area (Å²) >= 11 is 0. The van der Waals surface area contributed by atoms with E-state index in [0.717, 1.165) is 23.2 Å². The van der Waals surface area contributed by atoms with Crippen LogP contribution in [0.25, 0.3) is 12.2 Å². The Bertz CT molecular complexity index is 554. The number of carbonyl (C=O) groups is 1. The normalized spacial score (nSPS) is 10.5. The van der Waals surface area contributed by atoms with Gasteiger partial charge in [-0.1, -0.05) is 54.6 Å². The van der Waals surface area contributed by atoms with E-state index in [-0.39, 0.29) is 0 Å². The zero-order valence-electron chi connectivity index (χ0n) is 10.2. The Kier molecular flexibility index (Phi) is 3.92. The van der Waals surface area contributed by atoms with Gasteiger partial charge in [0.1, 0.15) is 12.0 Å². The molecule has 2 aromatic carbocycles. The van der Waals surface area contributed by atoms with Crippen molar-refractivity contribution in [1.82, 2.24) is 0 Å². The van der Waals surface area contributed by atoms with Crippen LogP contribution in [0.15, 0.2) is 48.5 Å². The van der Waals surface area contributed by atoms with Gasteiger partial charge >= 0.3 is 0 Å². The van der Waals surface area contributed by atoms with Gasteiger partial charge in [-0.05, 0) is 11.6 Å². The molecule has 0 fully saturated rings. The second-order valence-corrected chi connectivity index (χ2v) is 3.86. The molecule has 2 rings (SSSR count). The van der Waals surface area contributed by atoms with Gasteiger partial charge in [0.15, 0.2) is 0 Å². The minimum absolute atomic E-state index is 0.685. The fourth-order valence-electron chi connectivity index (χ4n) is 1.68. The van der Waals surface area contributed by atoms with E-state index in [1.54, 1.807) is 19.2 Å². The average Bonchev–Trinajstić information content (AvgIpc) is 2.46. The fraction of sp³-hybridized carbons (Fsp3) is 0.0625. The van der Waals surface area contributed by atoms with E-state index in [9.17, 15) is 4.79 Å². The van der Waals surface area contributed by atoms with Gasteiger partial charge in [0.25, 0.3) is 0 Å². The highest BCUT2D eigenvalue weighted by molar-refractivity contribution is 5.77. The molecule has 0 saturated carbocycles. The number of para-hydroxylation sites is 1. The molecule has 0 spiro atoms. The Morgan fingerprint density at radius 2 is 1.56 bits per heavy atom. The molecular formula is C16H14O2. The van der Waals surface area contributed by atoms with Gasteiger partial charge in [-0.3, -0.25) is 4.79 Å². The number of benzene rings is 2. The third-order valence-corrected chi connectivity index (χ3v) is 2.67. The lowest BCUT2D eigenvalue weighted by Gasteiger charge is -2.03. The molecule has 0 bridgehead atoms. The zero-order chi connectivity index (χ0) is 12.8. The highest BCUT2D eigenvalue weighted by Gasteiger charge is 1.96. The largest absolute Gasteiger partial charge is 0.496 e. The number of methoxy groups -OCH3 is 1. The fourth-order valence-corrected chi connectivity index (χ4v) is 1.68. The first-order valence-corrected chi connectivity index (χ1v) is 5.70. The lowest BCUT2D eigenvalue weighted by Crippen LogP contribution is -1.85. The molecule has 0 aliphatic heterocycles. The second kappa shape index (κ2) is 5.82. The van der Waals surface area contributed by atoms with Crippen molar-refractivity contribution in [2.24, 2.45) is 0 Å². The first-order chi connectivity index (χ1) is 8.83. The van der Waals surface area contributed by atoms with Crippen LogP contribution in [0.3, 0.4) is 0 Å². The molecule has 0 amide bonds. The van der Waals surface area contributed by atoms with Crippen molar-refractivity contribution in [3.05, 3.63) is 65.2 Å². The number of ether oxygens (including phenoxy) is 1. The third-order valence-electron chi connectivity index (χ3n) is 2.67. The number of aldehydes is 1. The van der Waals surface area contributed by atoms with Crippen molar-refractivity contribution in [2.75, 3.05) is 7.11 Å². The summed E-state index contributed by atoms with van der Waals surface area (Å²) in [5, 5.41) is 0. The van der Waals surface area contributed by atoms with Crippen LogP contribution in [0.4, 0.5) is 0 Å². The first kappa shape index (κ1) is 12.1. The number of hydrogen-bond donors (Lipinski definition) is 0. The molecule has 90 valence electrons. The molecule has 18 heavy (non-hydrogen) atoms. The highest BCUT2D eigenvalue weighted by atomic mass is 16.5. The van der Waals surface area contributed by atoms with E-state index in [2.05, 4.69) is 0 Å². The minimum atomic E-state index is 0.685. The lowest BCUT2D eigenvalue weighted by atomic mass is 10.1. The summed E-state index contributed by atoms with van der Waals surface area (Å²) in [5.41, 5.74) is 2.76. The predicted octanol–water partition coefficient (Wildman–Crippen LogP) is 3.68. The van der Waals surface area contributed by atoms with Crippen LogP contribution in [-0.4, -0.2) is 13.4 Å². The molecule has 2 heteroatoms. The lowest BCUT2D eigenvalue weighted by molar-refractivity contribution is 0.112. The molecule has 0 atom stereocenters. The molecule has 0 aromatic heterocycles. The quantitative estimate of drug-likeness (QED) is 0.600. The van der Waals surface area contributed by atoms with E-state index in [1.165, 1.54) is 0 Å². The van der Waals surface area contributed by atoms with Crippen LogP contribution in [0.2, 0.25) is 0 Å². The van der Waals surface area contributed by atoms with Crippen LogP contribution in [-0.2, 0) is 0 Å². The Morgan fingerprint density at radius 3 is 2.22 bits per heavy atom. The Balaban J connectivity index is 2.21. The van der Waals surface area contributed by atoms with E-state index in [4.69, 9.17) is 4.74 Å². The van der Waals surface area contributed by atoms with Crippen molar-refractivity contribution in [1.29, 1.82) is 0 Å². The van der Waals surface area contributed by atoms with Crippen molar-refractivity contribution in [3.8, 4) is 5.75 Å². The molecule has 2 nitrogen and oxygen atoms in total. The summed E-state index contributed by atoms with van der Waals surface area (Å²) < 4.78 is 5.27. The van der Waals surface area contributed by atoms with Crippen LogP contribution in [0, 0.1) is 0 Å². The standard InChI is InChI=1S/C16H14O2/c1-18-16-5-3-2-4-15(16)11-10-13-6-8-14(12-17)9-7-13/h2-12H,1H3/b11-10+. The topological polar surface area (TPSA) is 26.3 Å². The monoisotopic (exact) mass is 238 g/mol. The zero-order valence-corrected chi connectivity index (χ0v) is 10.2. The van der Waals surface area contributed by atoms with Crippen LogP contribution >= 0.6 is 0 Å². The van der Waals surface area contributed by atoms with Crippen molar-refractivity contribution in [2.45, 2.75) is 0 Å². The number of rotatable bonds is 4. The maximum atomic E-state index is 10.5. The molecule has 0 N–H and O–H groups in total. The minimum Gasteiger partial charge on any atom is -0.496 e. The van der Waals surface area contributed by atoms with Gasteiger partial charge in [-0.25, -0.2) is 0 Å².